The number of nitrogens with two attached hydrogens (primary N) is 1. The zero-order valence-corrected chi connectivity index (χ0v) is 14.3. The SMILES string of the molecule is Cl.Nc1ccc(C2C=CC(Cl)(Nc3cnccn3)C=C2Cl)cc1. The van der Waals surface area contributed by atoms with E-state index in [4.69, 9.17) is 28.9 Å². The maximum absolute atomic E-state index is 6.54. The molecule has 2 aromatic rings. The minimum atomic E-state index is -0.919. The van der Waals surface area contributed by atoms with Gasteiger partial charge in [0.05, 0.1) is 6.20 Å². The van der Waals surface area contributed by atoms with E-state index in [0.29, 0.717) is 10.9 Å². The summed E-state index contributed by atoms with van der Waals surface area (Å²) >= 11 is 13.0. The number of nitrogen functional groups attached to an aromatic ring is 1. The van der Waals surface area contributed by atoms with Crippen molar-refractivity contribution in [2.75, 3.05) is 11.1 Å². The summed E-state index contributed by atoms with van der Waals surface area (Å²) in [6, 6.07) is 7.62. The first-order chi connectivity index (χ1) is 10.6. The first-order valence-electron chi connectivity index (χ1n) is 6.72. The molecule has 23 heavy (non-hydrogen) atoms. The van der Waals surface area contributed by atoms with Crippen LogP contribution in [0.2, 0.25) is 0 Å². The highest BCUT2D eigenvalue weighted by molar-refractivity contribution is 6.33. The van der Waals surface area contributed by atoms with Gasteiger partial charge in [-0.05, 0) is 29.8 Å². The molecule has 0 aliphatic heterocycles. The molecule has 1 aromatic carbocycles. The van der Waals surface area contributed by atoms with Gasteiger partial charge in [-0.3, -0.25) is 4.98 Å². The fraction of sp³-hybridized carbons (Fsp3) is 0.125. The molecule has 0 saturated heterocycles. The van der Waals surface area contributed by atoms with E-state index in [1.807, 2.05) is 36.4 Å². The molecule has 120 valence electrons. The Bertz CT molecular complexity index is 716. The Morgan fingerprint density at radius 1 is 1.17 bits per heavy atom. The molecule has 0 fully saturated rings. The van der Waals surface area contributed by atoms with Crippen LogP contribution in [0.25, 0.3) is 0 Å². The monoisotopic (exact) mass is 368 g/mol. The van der Waals surface area contributed by atoms with Crippen LogP contribution in [-0.2, 0) is 0 Å². The number of hydrogen-bond acceptors (Lipinski definition) is 4. The number of anilines is 2. The van der Waals surface area contributed by atoms with Crippen LogP contribution in [0.5, 0.6) is 0 Å². The van der Waals surface area contributed by atoms with Gasteiger partial charge in [-0.2, -0.15) is 0 Å². The van der Waals surface area contributed by atoms with Crippen molar-refractivity contribution < 1.29 is 0 Å². The summed E-state index contributed by atoms with van der Waals surface area (Å²) in [6.45, 7) is 0. The highest BCUT2D eigenvalue weighted by Gasteiger charge is 2.29. The van der Waals surface area contributed by atoms with Crippen LogP contribution in [0.1, 0.15) is 11.5 Å². The van der Waals surface area contributed by atoms with Crippen LogP contribution < -0.4 is 11.1 Å². The van der Waals surface area contributed by atoms with Crippen molar-refractivity contribution >= 4 is 47.1 Å². The predicted octanol–water partition coefficient (Wildman–Crippen LogP) is 4.30. The number of benzene rings is 1. The van der Waals surface area contributed by atoms with Crippen molar-refractivity contribution in [1.29, 1.82) is 0 Å². The fourth-order valence-corrected chi connectivity index (χ4v) is 2.99. The van der Waals surface area contributed by atoms with Crippen molar-refractivity contribution in [3.8, 4) is 0 Å². The van der Waals surface area contributed by atoms with E-state index >= 15 is 0 Å². The van der Waals surface area contributed by atoms with Gasteiger partial charge in [0.15, 0.2) is 5.00 Å². The molecule has 0 radical (unpaired) electrons. The average molecular weight is 370 g/mol. The average Bonchev–Trinajstić information content (AvgIpc) is 2.49. The van der Waals surface area contributed by atoms with Crippen molar-refractivity contribution in [2.45, 2.75) is 10.9 Å². The molecule has 2 unspecified atom stereocenters. The zero-order valence-electron chi connectivity index (χ0n) is 12.0. The number of nitrogens with one attached hydrogen (secondary N) is 1. The molecule has 0 spiro atoms. The number of hydrogen-bond donors (Lipinski definition) is 2. The first kappa shape index (κ1) is 17.6. The Kier molecular flexibility index (Phi) is 5.52. The maximum Gasteiger partial charge on any atom is 0.152 e. The molecule has 1 heterocycles. The third-order valence-electron chi connectivity index (χ3n) is 3.35. The topological polar surface area (TPSA) is 63.8 Å². The van der Waals surface area contributed by atoms with Gasteiger partial charge in [-0.1, -0.05) is 41.4 Å². The summed E-state index contributed by atoms with van der Waals surface area (Å²) in [5.74, 6) is 0.548. The summed E-state index contributed by atoms with van der Waals surface area (Å²) in [5, 5.41) is 3.73. The lowest BCUT2D eigenvalue weighted by Crippen LogP contribution is -2.30. The Morgan fingerprint density at radius 2 is 1.91 bits per heavy atom. The van der Waals surface area contributed by atoms with Gasteiger partial charge in [0.25, 0.3) is 0 Å². The van der Waals surface area contributed by atoms with E-state index in [9.17, 15) is 0 Å². The number of aromatic nitrogens is 2. The summed E-state index contributed by atoms with van der Waals surface area (Å²) in [5.41, 5.74) is 7.49. The van der Waals surface area contributed by atoms with E-state index in [2.05, 4.69) is 15.3 Å². The van der Waals surface area contributed by atoms with E-state index < -0.39 is 5.00 Å². The number of nitrogens with zero attached hydrogens (tertiary/aromatic N) is 2. The molecular weight excluding hydrogens is 355 g/mol. The van der Waals surface area contributed by atoms with Crippen LogP contribution >= 0.6 is 35.6 Å². The molecule has 1 aliphatic carbocycles. The van der Waals surface area contributed by atoms with E-state index in [0.717, 1.165) is 11.3 Å². The summed E-state index contributed by atoms with van der Waals surface area (Å²) in [4.78, 5) is 7.23. The summed E-state index contributed by atoms with van der Waals surface area (Å²) in [7, 11) is 0. The molecule has 3 N–H and O–H groups in total. The molecule has 0 bridgehead atoms. The van der Waals surface area contributed by atoms with Crippen LogP contribution in [0.3, 0.4) is 0 Å². The van der Waals surface area contributed by atoms with Gasteiger partial charge in [0, 0.05) is 29.0 Å². The van der Waals surface area contributed by atoms with Gasteiger partial charge in [-0.15, -0.1) is 12.4 Å². The molecule has 1 aliphatic rings. The Hall–Kier alpha value is -1.75. The lowest BCUT2D eigenvalue weighted by molar-refractivity contribution is 0.903. The predicted molar refractivity (Wildman–Crippen MR) is 98.2 cm³/mol. The summed E-state index contributed by atoms with van der Waals surface area (Å²) < 4.78 is 0. The molecular formula is C16H15Cl3N4. The van der Waals surface area contributed by atoms with E-state index in [1.165, 1.54) is 0 Å². The highest BCUT2D eigenvalue weighted by Crippen LogP contribution is 2.38. The van der Waals surface area contributed by atoms with Gasteiger partial charge < -0.3 is 11.1 Å². The highest BCUT2D eigenvalue weighted by atomic mass is 35.5. The molecule has 0 amide bonds. The first-order valence-corrected chi connectivity index (χ1v) is 7.47. The van der Waals surface area contributed by atoms with Crippen molar-refractivity contribution in [3.63, 3.8) is 0 Å². The molecule has 1 aromatic heterocycles. The Balaban J connectivity index is 0.00000192. The lowest BCUT2D eigenvalue weighted by atomic mass is 9.92. The van der Waals surface area contributed by atoms with E-state index in [1.54, 1.807) is 24.7 Å². The van der Waals surface area contributed by atoms with Crippen molar-refractivity contribution in [1.82, 2.24) is 9.97 Å². The zero-order chi connectivity index (χ0) is 15.6. The van der Waals surface area contributed by atoms with E-state index in [-0.39, 0.29) is 18.3 Å². The number of alkyl halides is 1. The standard InChI is InChI=1S/C16H14Cl2N4.ClH/c17-14-9-16(18,22-15-10-20-7-8-21-15)6-5-13(14)11-1-3-12(19)4-2-11;/h1-10,13H,19H2,(H,21,22);1H. The third-order valence-corrected chi connectivity index (χ3v) is 4.03. The quantitative estimate of drug-likeness (QED) is 0.366. The minimum absolute atomic E-state index is 0. The largest absolute Gasteiger partial charge is 0.399 e. The van der Waals surface area contributed by atoms with Gasteiger partial charge in [0.1, 0.15) is 5.82 Å². The van der Waals surface area contributed by atoms with Gasteiger partial charge >= 0.3 is 0 Å². The van der Waals surface area contributed by atoms with Crippen molar-refractivity contribution in [3.05, 3.63) is 71.7 Å². The minimum Gasteiger partial charge on any atom is -0.399 e. The Labute approximate surface area is 150 Å². The third kappa shape index (κ3) is 4.16. The second kappa shape index (κ2) is 7.21. The smallest absolute Gasteiger partial charge is 0.152 e. The number of allylic oxidation sites excluding steroid dienone is 2. The second-order valence-electron chi connectivity index (χ2n) is 5.02. The van der Waals surface area contributed by atoms with Crippen molar-refractivity contribution in [2.24, 2.45) is 0 Å². The van der Waals surface area contributed by atoms with Gasteiger partial charge in [0.2, 0.25) is 0 Å². The normalized spacial score (nSPS) is 22.9. The fourth-order valence-electron chi connectivity index (χ4n) is 2.28. The lowest BCUT2D eigenvalue weighted by Gasteiger charge is -2.28. The number of halogens is 3. The molecule has 0 saturated carbocycles. The molecule has 4 nitrogen and oxygen atoms in total. The number of rotatable bonds is 3. The molecule has 2 atom stereocenters. The van der Waals surface area contributed by atoms with Crippen LogP contribution in [0.4, 0.5) is 11.5 Å². The van der Waals surface area contributed by atoms with Crippen LogP contribution in [0, 0.1) is 0 Å². The van der Waals surface area contributed by atoms with Crippen LogP contribution in [-0.4, -0.2) is 15.0 Å². The van der Waals surface area contributed by atoms with Gasteiger partial charge in [-0.25, -0.2) is 4.98 Å². The van der Waals surface area contributed by atoms with Crippen LogP contribution in [0.15, 0.2) is 66.1 Å². The molecule has 7 heteroatoms. The molecule has 3 rings (SSSR count). The maximum atomic E-state index is 6.54. The second-order valence-corrected chi connectivity index (χ2v) is 6.08. The Morgan fingerprint density at radius 3 is 2.52 bits per heavy atom. The summed E-state index contributed by atoms with van der Waals surface area (Å²) in [6.07, 6.45) is 10.4.